The van der Waals surface area contributed by atoms with Gasteiger partial charge < -0.3 is 24.1 Å². The average molecular weight is 547 g/mol. The number of rotatable bonds is 9. The maximum absolute atomic E-state index is 13.7. The van der Waals surface area contributed by atoms with Crippen LogP contribution >= 0.6 is 0 Å². The smallest absolute Gasteiger partial charge is 0.332 e. The standard InChI is InChI=1S/C29H30N4O7/c1-38-24-14-22-23(15-25(24)39-2)32(18-26(34)30-16-21-6-5-13-40-21)29(37)33(28(22)36)17-19-7-9-20(10-8-19)27(35)31-11-3-4-12-31/h5-10,13-15H,3-4,11-12,16-18H2,1-2H3,(H,30,34). The molecule has 1 aliphatic rings. The number of methoxy groups -OCH3 is 2. The van der Waals surface area contributed by atoms with Crippen molar-refractivity contribution in [2.45, 2.75) is 32.5 Å². The van der Waals surface area contributed by atoms with Crippen molar-refractivity contribution in [2.24, 2.45) is 0 Å². The molecule has 4 aromatic rings. The molecule has 2 amide bonds. The third kappa shape index (κ3) is 5.35. The second kappa shape index (κ2) is 11.5. The van der Waals surface area contributed by atoms with Crippen LogP contribution in [0, 0.1) is 0 Å². The molecule has 11 heteroatoms. The van der Waals surface area contributed by atoms with Crippen molar-refractivity contribution in [3.8, 4) is 11.5 Å². The zero-order valence-corrected chi connectivity index (χ0v) is 22.3. The minimum atomic E-state index is -0.657. The molecule has 40 heavy (non-hydrogen) atoms. The Kier molecular flexibility index (Phi) is 7.72. The maximum atomic E-state index is 13.7. The molecule has 0 bridgehead atoms. The molecule has 11 nitrogen and oxygen atoms in total. The molecule has 3 heterocycles. The Bertz CT molecular complexity index is 1650. The van der Waals surface area contributed by atoms with Crippen LogP contribution in [0.3, 0.4) is 0 Å². The van der Waals surface area contributed by atoms with Crippen molar-refractivity contribution >= 4 is 22.7 Å². The first-order valence-electron chi connectivity index (χ1n) is 13.0. The molecule has 2 aromatic carbocycles. The Morgan fingerprint density at radius 2 is 1.65 bits per heavy atom. The van der Waals surface area contributed by atoms with Gasteiger partial charge in [0.25, 0.3) is 11.5 Å². The van der Waals surface area contributed by atoms with E-state index in [1.54, 1.807) is 36.4 Å². The van der Waals surface area contributed by atoms with Gasteiger partial charge in [0.05, 0.1) is 44.5 Å². The SMILES string of the molecule is COc1cc2c(=O)n(Cc3ccc(C(=O)N4CCCC4)cc3)c(=O)n(CC(=O)NCc3ccco3)c2cc1OC. The Balaban J connectivity index is 1.51. The third-order valence-corrected chi connectivity index (χ3v) is 7.01. The van der Waals surface area contributed by atoms with Gasteiger partial charge in [-0.1, -0.05) is 12.1 Å². The summed E-state index contributed by atoms with van der Waals surface area (Å²) in [6.07, 6.45) is 3.50. The number of amides is 2. The van der Waals surface area contributed by atoms with Crippen LogP contribution in [0.2, 0.25) is 0 Å². The van der Waals surface area contributed by atoms with E-state index in [0.29, 0.717) is 28.4 Å². The Morgan fingerprint density at radius 3 is 2.30 bits per heavy atom. The third-order valence-electron chi connectivity index (χ3n) is 7.01. The van der Waals surface area contributed by atoms with E-state index >= 15 is 0 Å². The first-order valence-corrected chi connectivity index (χ1v) is 13.0. The van der Waals surface area contributed by atoms with Crippen molar-refractivity contribution in [3.05, 3.63) is 92.5 Å². The molecule has 5 rings (SSSR count). The highest BCUT2D eigenvalue weighted by atomic mass is 16.5. The second-order valence-corrected chi connectivity index (χ2v) is 9.54. The van der Waals surface area contributed by atoms with Crippen LogP contribution in [0.15, 0.2) is 68.8 Å². The summed E-state index contributed by atoms with van der Waals surface area (Å²) < 4.78 is 18.3. The van der Waals surface area contributed by atoms with Crippen LogP contribution in [0.4, 0.5) is 0 Å². The number of fused-ring (bicyclic) bond motifs is 1. The van der Waals surface area contributed by atoms with Gasteiger partial charge in [0.15, 0.2) is 11.5 Å². The number of aromatic nitrogens is 2. The molecule has 1 saturated heterocycles. The summed E-state index contributed by atoms with van der Waals surface area (Å²) in [7, 11) is 2.90. The molecule has 1 N–H and O–H groups in total. The summed E-state index contributed by atoms with van der Waals surface area (Å²) in [5, 5.41) is 2.92. The van der Waals surface area contributed by atoms with Crippen molar-refractivity contribution in [1.29, 1.82) is 0 Å². The first-order chi connectivity index (χ1) is 19.4. The molecule has 0 spiro atoms. The van der Waals surface area contributed by atoms with E-state index in [2.05, 4.69) is 5.32 Å². The Labute approximate surface area is 229 Å². The molecule has 1 aliphatic heterocycles. The molecule has 1 fully saturated rings. The van der Waals surface area contributed by atoms with E-state index in [1.165, 1.54) is 37.2 Å². The minimum Gasteiger partial charge on any atom is -0.493 e. The van der Waals surface area contributed by atoms with Gasteiger partial charge >= 0.3 is 5.69 Å². The quantitative estimate of drug-likeness (QED) is 0.342. The predicted molar refractivity (Wildman–Crippen MR) is 147 cm³/mol. The number of benzene rings is 2. The van der Waals surface area contributed by atoms with Gasteiger partial charge in [0.2, 0.25) is 5.91 Å². The molecule has 0 atom stereocenters. The van der Waals surface area contributed by atoms with Gasteiger partial charge in [0.1, 0.15) is 12.3 Å². The van der Waals surface area contributed by atoms with E-state index in [1.807, 2.05) is 4.90 Å². The minimum absolute atomic E-state index is 0.0316. The largest absolute Gasteiger partial charge is 0.493 e. The molecule has 0 radical (unpaired) electrons. The summed E-state index contributed by atoms with van der Waals surface area (Å²) in [5.74, 6) is 0.722. The summed E-state index contributed by atoms with van der Waals surface area (Å²) in [5.41, 5.74) is 0.258. The lowest BCUT2D eigenvalue weighted by atomic mass is 10.1. The molecular weight excluding hydrogens is 516 g/mol. The zero-order chi connectivity index (χ0) is 28.2. The summed E-state index contributed by atoms with van der Waals surface area (Å²) >= 11 is 0. The fourth-order valence-electron chi connectivity index (χ4n) is 4.87. The van der Waals surface area contributed by atoms with Gasteiger partial charge in [-0.2, -0.15) is 0 Å². The lowest BCUT2D eigenvalue weighted by Gasteiger charge is -2.17. The van der Waals surface area contributed by atoms with Crippen LogP contribution in [-0.4, -0.2) is 53.2 Å². The molecule has 208 valence electrons. The number of likely N-dealkylation sites (tertiary alicyclic amines) is 1. The van der Waals surface area contributed by atoms with E-state index in [0.717, 1.165) is 30.5 Å². The van der Waals surface area contributed by atoms with Crippen molar-refractivity contribution < 1.29 is 23.5 Å². The van der Waals surface area contributed by atoms with Crippen LogP contribution in [0.25, 0.3) is 10.9 Å². The number of carbonyl (C=O) groups is 2. The number of ether oxygens (including phenoxy) is 2. The van der Waals surface area contributed by atoms with E-state index in [9.17, 15) is 19.2 Å². The van der Waals surface area contributed by atoms with Crippen LogP contribution in [0.1, 0.15) is 34.5 Å². The second-order valence-electron chi connectivity index (χ2n) is 9.54. The number of hydrogen-bond acceptors (Lipinski definition) is 7. The fraction of sp³-hybridized carbons (Fsp3) is 0.310. The van der Waals surface area contributed by atoms with Crippen molar-refractivity contribution in [1.82, 2.24) is 19.4 Å². The summed E-state index contributed by atoms with van der Waals surface area (Å²) in [6.45, 7) is 1.26. The number of nitrogens with one attached hydrogen (secondary N) is 1. The summed E-state index contributed by atoms with van der Waals surface area (Å²) in [4.78, 5) is 54.6. The molecule has 2 aromatic heterocycles. The van der Waals surface area contributed by atoms with Gasteiger partial charge in [-0.3, -0.25) is 23.5 Å². The molecule has 0 aliphatic carbocycles. The normalized spacial score (nSPS) is 13.0. The van der Waals surface area contributed by atoms with Gasteiger partial charge in [0, 0.05) is 24.7 Å². The number of hydrogen-bond donors (Lipinski definition) is 1. The van der Waals surface area contributed by atoms with Gasteiger partial charge in [-0.15, -0.1) is 0 Å². The van der Waals surface area contributed by atoms with Crippen LogP contribution < -0.4 is 26.0 Å². The lowest BCUT2D eigenvalue weighted by Crippen LogP contribution is -2.42. The molecule has 0 unspecified atom stereocenters. The van der Waals surface area contributed by atoms with Crippen LogP contribution in [0.5, 0.6) is 11.5 Å². The van der Waals surface area contributed by atoms with E-state index in [-0.39, 0.29) is 36.4 Å². The number of nitrogens with zero attached hydrogens (tertiary/aromatic N) is 3. The van der Waals surface area contributed by atoms with Crippen LogP contribution in [-0.2, 0) is 24.4 Å². The first kappa shape index (κ1) is 26.8. The lowest BCUT2D eigenvalue weighted by molar-refractivity contribution is -0.121. The zero-order valence-electron chi connectivity index (χ0n) is 22.3. The predicted octanol–water partition coefficient (Wildman–Crippen LogP) is 2.37. The van der Waals surface area contributed by atoms with Gasteiger partial charge in [-0.05, 0) is 48.7 Å². The highest BCUT2D eigenvalue weighted by Crippen LogP contribution is 2.30. The maximum Gasteiger partial charge on any atom is 0.332 e. The topological polar surface area (TPSA) is 125 Å². The number of furan rings is 1. The monoisotopic (exact) mass is 546 g/mol. The highest BCUT2D eigenvalue weighted by Gasteiger charge is 2.21. The highest BCUT2D eigenvalue weighted by molar-refractivity contribution is 5.94. The molecule has 0 saturated carbocycles. The van der Waals surface area contributed by atoms with Crippen molar-refractivity contribution in [3.63, 3.8) is 0 Å². The van der Waals surface area contributed by atoms with E-state index < -0.39 is 17.2 Å². The Hall–Kier alpha value is -4.80. The number of carbonyl (C=O) groups excluding carboxylic acids is 2. The fourth-order valence-corrected chi connectivity index (χ4v) is 4.87. The molecular formula is C29H30N4O7. The van der Waals surface area contributed by atoms with Crippen molar-refractivity contribution in [2.75, 3.05) is 27.3 Å². The van der Waals surface area contributed by atoms with Gasteiger partial charge in [-0.25, -0.2) is 4.79 Å². The summed E-state index contributed by atoms with van der Waals surface area (Å²) in [6, 6.07) is 13.3. The van der Waals surface area contributed by atoms with E-state index in [4.69, 9.17) is 13.9 Å². The Morgan fingerprint density at radius 1 is 0.950 bits per heavy atom. The average Bonchev–Trinajstić information content (AvgIpc) is 3.71.